The van der Waals surface area contributed by atoms with Crippen LogP contribution >= 0.6 is 0 Å². The second-order valence-electron chi connectivity index (χ2n) is 5.44. The molecule has 0 spiro atoms. The lowest BCUT2D eigenvalue weighted by atomic mass is 10.1. The highest BCUT2D eigenvalue weighted by Crippen LogP contribution is 2.13. The molecule has 0 saturated heterocycles. The van der Waals surface area contributed by atoms with Gasteiger partial charge >= 0.3 is 0 Å². The molecule has 0 aromatic heterocycles. The molecule has 5 nitrogen and oxygen atoms in total. The number of benzene rings is 2. The molecule has 5 heteroatoms. The van der Waals surface area contributed by atoms with Crippen LogP contribution in [0.1, 0.15) is 28.4 Å². The van der Waals surface area contributed by atoms with E-state index in [2.05, 4.69) is 10.6 Å². The van der Waals surface area contributed by atoms with Gasteiger partial charge in [-0.15, -0.1) is 0 Å². The Hall–Kier alpha value is -3.08. The highest BCUT2D eigenvalue weighted by molar-refractivity contribution is 5.98. The molecular weight excluding hydrogens is 302 g/mol. The quantitative estimate of drug-likeness (QED) is 0.583. The maximum atomic E-state index is 12.2. The first-order chi connectivity index (χ1) is 11.5. The summed E-state index contributed by atoms with van der Waals surface area (Å²) in [5.41, 5.74) is 8.83. The molecule has 2 rings (SSSR count). The topological polar surface area (TPSA) is 84.2 Å². The molecule has 4 N–H and O–H groups in total. The van der Waals surface area contributed by atoms with E-state index in [0.29, 0.717) is 11.3 Å². The summed E-state index contributed by atoms with van der Waals surface area (Å²) in [5.74, 6) is -0.522. The zero-order valence-corrected chi connectivity index (χ0v) is 13.7. The number of hydrogen-bond acceptors (Lipinski definition) is 3. The van der Waals surface area contributed by atoms with E-state index in [1.165, 1.54) is 7.05 Å². The Balaban J connectivity index is 2.11. The van der Waals surface area contributed by atoms with Gasteiger partial charge in [0.15, 0.2) is 0 Å². The van der Waals surface area contributed by atoms with Crippen molar-refractivity contribution in [3.05, 3.63) is 65.2 Å². The van der Waals surface area contributed by atoms with E-state index >= 15 is 0 Å². The number of likely N-dealkylation sites (N-methyl/N-ethyl adjacent to an activating group) is 1. The number of nitrogens with two attached hydrogens (primary N) is 1. The van der Waals surface area contributed by atoms with Crippen LogP contribution in [-0.4, -0.2) is 24.9 Å². The molecule has 2 amide bonds. The Morgan fingerprint density at radius 1 is 1.04 bits per heavy atom. The van der Waals surface area contributed by atoms with E-state index in [1.807, 2.05) is 42.5 Å². The fourth-order valence-electron chi connectivity index (χ4n) is 2.20. The van der Waals surface area contributed by atoms with Crippen LogP contribution in [0, 0.1) is 0 Å². The fraction of sp³-hybridized carbons (Fsp3) is 0.158. The van der Waals surface area contributed by atoms with Crippen molar-refractivity contribution in [1.29, 1.82) is 0 Å². The summed E-state index contributed by atoms with van der Waals surface area (Å²) in [6.07, 6.45) is 3.84. The van der Waals surface area contributed by atoms with Gasteiger partial charge in [-0.3, -0.25) is 9.59 Å². The SMILES string of the molecule is CNC(=O)[C@H](C)NC(=O)c1cccc(/C=C/c2cccc(N)c2)c1. The van der Waals surface area contributed by atoms with Crippen LogP contribution in [0.15, 0.2) is 48.5 Å². The third-order valence-corrected chi connectivity index (χ3v) is 3.52. The Kier molecular flexibility index (Phi) is 5.73. The summed E-state index contributed by atoms with van der Waals surface area (Å²) < 4.78 is 0. The van der Waals surface area contributed by atoms with Crippen LogP contribution in [0.2, 0.25) is 0 Å². The molecule has 0 unspecified atom stereocenters. The number of carbonyl (C=O) groups is 2. The first kappa shape index (κ1) is 17.3. The van der Waals surface area contributed by atoms with Crippen molar-refractivity contribution in [2.45, 2.75) is 13.0 Å². The van der Waals surface area contributed by atoms with E-state index in [0.717, 1.165) is 11.1 Å². The lowest BCUT2D eigenvalue weighted by Gasteiger charge is -2.12. The molecule has 0 fully saturated rings. The normalized spacial score (nSPS) is 11.9. The third-order valence-electron chi connectivity index (χ3n) is 3.52. The van der Waals surface area contributed by atoms with Crippen LogP contribution in [-0.2, 0) is 4.79 Å². The van der Waals surface area contributed by atoms with Crippen LogP contribution in [0.25, 0.3) is 12.2 Å². The summed E-state index contributed by atoms with van der Waals surface area (Å²) in [4.78, 5) is 23.7. The number of hydrogen-bond donors (Lipinski definition) is 3. The number of nitrogen functional groups attached to an aromatic ring is 1. The number of nitrogens with one attached hydrogen (secondary N) is 2. The molecule has 0 heterocycles. The molecule has 0 bridgehead atoms. The minimum atomic E-state index is -0.589. The van der Waals surface area contributed by atoms with Crippen LogP contribution in [0.5, 0.6) is 0 Å². The minimum Gasteiger partial charge on any atom is -0.399 e. The van der Waals surface area contributed by atoms with Gasteiger partial charge < -0.3 is 16.4 Å². The highest BCUT2D eigenvalue weighted by Gasteiger charge is 2.15. The molecule has 1 atom stereocenters. The largest absolute Gasteiger partial charge is 0.399 e. The van der Waals surface area contributed by atoms with Crippen molar-refractivity contribution in [3.63, 3.8) is 0 Å². The second-order valence-corrected chi connectivity index (χ2v) is 5.44. The van der Waals surface area contributed by atoms with Crippen molar-refractivity contribution < 1.29 is 9.59 Å². The average molecular weight is 323 g/mol. The molecule has 0 aliphatic heterocycles. The van der Waals surface area contributed by atoms with Gasteiger partial charge in [0, 0.05) is 18.3 Å². The third kappa shape index (κ3) is 4.71. The van der Waals surface area contributed by atoms with E-state index in [4.69, 9.17) is 5.73 Å². The Bertz CT molecular complexity index is 769. The van der Waals surface area contributed by atoms with Crippen LogP contribution in [0.4, 0.5) is 5.69 Å². The summed E-state index contributed by atoms with van der Waals surface area (Å²) in [5, 5.41) is 5.16. The molecule has 2 aromatic rings. The highest BCUT2D eigenvalue weighted by atomic mass is 16.2. The van der Waals surface area contributed by atoms with Crippen molar-refractivity contribution in [3.8, 4) is 0 Å². The lowest BCUT2D eigenvalue weighted by Crippen LogP contribution is -2.43. The number of carbonyl (C=O) groups excluding carboxylic acids is 2. The molecule has 0 saturated carbocycles. The second kappa shape index (κ2) is 7.97. The van der Waals surface area contributed by atoms with Crippen LogP contribution in [0.3, 0.4) is 0 Å². The van der Waals surface area contributed by atoms with E-state index in [9.17, 15) is 9.59 Å². The monoisotopic (exact) mass is 323 g/mol. The van der Waals surface area contributed by atoms with Crippen molar-refractivity contribution in [1.82, 2.24) is 10.6 Å². The first-order valence-electron chi connectivity index (χ1n) is 7.66. The zero-order chi connectivity index (χ0) is 17.5. The summed E-state index contributed by atoms with van der Waals surface area (Å²) in [7, 11) is 1.53. The van der Waals surface area contributed by atoms with Gasteiger partial charge in [0.2, 0.25) is 5.91 Å². The average Bonchev–Trinajstić information content (AvgIpc) is 2.59. The Morgan fingerprint density at radius 3 is 2.29 bits per heavy atom. The fourth-order valence-corrected chi connectivity index (χ4v) is 2.20. The lowest BCUT2D eigenvalue weighted by molar-refractivity contribution is -0.122. The number of amides is 2. The molecule has 0 radical (unpaired) electrons. The molecule has 124 valence electrons. The summed E-state index contributed by atoms with van der Waals surface area (Å²) >= 11 is 0. The van der Waals surface area contributed by atoms with Crippen molar-refractivity contribution >= 4 is 29.7 Å². The Morgan fingerprint density at radius 2 is 1.67 bits per heavy atom. The van der Waals surface area contributed by atoms with E-state index < -0.39 is 6.04 Å². The van der Waals surface area contributed by atoms with Gasteiger partial charge in [-0.1, -0.05) is 36.4 Å². The van der Waals surface area contributed by atoms with Gasteiger partial charge in [-0.2, -0.15) is 0 Å². The number of rotatable bonds is 5. The summed E-state index contributed by atoms with van der Waals surface area (Å²) in [6, 6.07) is 14.1. The van der Waals surface area contributed by atoms with E-state index in [1.54, 1.807) is 25.1 Å². The van der Waals surface area contributed by atoms with Gasteiger partial charge in [0.25, 0.3) is 5.91 Å². The molecular formula is C19H21N3O2. The van der Waals surface area contributed by atoms with Gasteiger partial charge in [-0.25, -0.2) is 0 Å². The maximum absolute atomic E-state index is 12.2. The Labute approximate surface area is 141 Å². The predicted molar refractivity (Wildman–Crippen MR) is 97.2 cm³/mol. The van der Waals surface area contributed by atoms with E-state index in [-0.39, 0.29) is 11.8 Å². The first-order valence-corrected chi connectivity index (χ1v) is 7.66. The van der Waals surface area contributed by atoms with Crippen LogP contribution < -0.4 is 16.4 Å². The van der Waals surface area contributed by atoms with Gasteiger partial charge in [0.05, 0.1) is 0 Å². The number of anilines is 1. The maximum Gasteiger partial charge on any atom is 0.251 e. The molecule has 0 aliphatic carbocycles. The minimum absolute atomic E-state index is 0.235. The zero-order valence-electron chi connectivity index (χ0n) is 13.7. The van der Waals surface area contributed by atoms with Crippen molar-refractivity contribution in [2.24, 2.45) is 0 Å². The predicted octanol–water partition coefficient (Wildman–Crippen LogP) is 2.30. The smallest absolute Gasteiger partial charge is 0.251 e. The van der Waals surface area contributed by atoms with Crippen molar-refractivity contribution in [2.75, 3.05) is 12.8 Å². The molecule has 2 aromatic carbocycles. The molecule has 0 aliphatic rings. The summed E-state index contributed by atoms with van der Waals surface area (Å²) in [6.45, 7) is 1.64. The van der Waals surface area contributed by atoms with Gasteiger partial charge in [0.1, 0.15) is 6.04 Å². The molecule has 24 heavy (non-hydrogen) atoms. The standard InChI is InChI=1S/C19H21N3O2/c1-13(18(23)21-2)22-19(24)16-7-3-5-14(11-16)9-10-15-6-4-8-17(20)12-15/h3-13H,20H2,1-2H3,(H,21,23)(H,22,24)/b10-9+/t13-/m0/s1. The van der Waals surface area contributed by atoms with Gasteiger partial charge in [-0.05, 0) is 42.3 Å².